The molecule has 0 atom stereocenters. The number of ether oxygens (including phenoxy) is 2. The Hall–Kier alpha value is -1.93. The summed E-state index contributed by atoms with van der Waals surface area (Å²) in [6.07, 6.45) is 3.11. The van der Waals surface area contributed by atoms with Gasteiger partial charge in [-0.05, 0) is 37.1 Å². The Bertz CT molecular complexity index is 651. The van der Waals surface area contributed by atoms with Gasteiger partial charge >= 0.3 is 5.97 Å². The van der Waals surface area contributed by atoms with Crippen LogP contribution in [0.5, 0.6) is 0 Å². The molecule has 136 valence electrons. The molecule has 2 fully saturated rings. The van der Waals surface area contributed by atoms with Gasteiger partial charge in [0.05, 0.1) is 19.3 Å². The number of anilines is 1. The largest absolute Gasteiger partial charge is 0.465 e. The zero-order valence-electron chi connectivity index (χ0n) is 14.2. The lowest BCUT2D eigenvalue weighted by Crippen LogP contribution is -2.49. The van der Waals surface area contributed by atoms with E-state index in [9.17, 15) is 14.4 Å². The maximum absolute atomic E-state index is 12.5. The fourth-order valence-electron chi connectivity index (χ4n) is 3.46. The molecular weight excluding hydrogens is 344 g/mol. The van der Waals surface area contributed by atoms with E-state index in [0.29, 0.717) is 23.7 Å². The van der Waals surface area contributed by atoms with Crippen LogP contribution >= 0.6 is 11.3 Å². The highest BCUT2D eigenvalue weighted by molar-refractivity contribution is 7.14. The second kappa shape index (κ2) is 7.97. The van der Waals surface area contributed by atoms with Gasteiger partial charge in [0.1, 0.15) is 11.6 Å². The minimum absolute atomic E-state index is 0.0421. The van der Waals surface area contributed by atoms with Crippen LogP contribution in [0.2, 0.25) is 0 Å². The first-order valence-electron chi connectivity index (χ1n) is 8.44. The highest BCUT2D eigenvalue weighted by Crippen LogP contribution is 2.31. The normalized spacial score (nSPS) is 24.0. The number of esters is 1. The van der Waals surface area contributed by atoms with E-state index in [2.05, 4.69) is 5.32 Å². The summed E-state index contributed by atoms with van der Waals surface area (Å²) in [5, 5.41) is 5.14. The zero-order chi connectivity index (χ0) is 17.8. The number of hydrogen-bond donors (Lipinski definition) is 1. The van der Waals surface area contributed by atoms with Crippen molar-refractivity contribution < 1.29 is 23.9 Å². The first-order valence-corrected chi connectivity index (χ1v) is 9.32. The average molecular weight is 366 g/mol. The standard InChI is InChI=1S/C17H22N2O5S/c1-23-17(22)13-6-9-25-16(13)18-15(21)11-2-4-12(5-3-11)19-7-8-24-10-14(19)20/h6,9,11-12H,2-5,7-8,10H2,1H3,(H,18,21)/t11-,12-. The molecule has 1 aliphatic heterocycles. The van der Waals surface area contributed by atoms with Crippen LogP contribution in [0.15, 0.2) is 11.4 Å². The second-order valence-electron chi connectivity index (χ2n) is 6.29. The first kappa shape index (κ1) is 17.9. The molecule has 2 amide bonds. The fourth-order valence-corrected chi connectivity index (χ4v) is 4.23. The van der Waals surface area contributed by atoms with Gasteiger partial charge in [0.2, 0.25) is 11.8 Å². The molecule has 0 aromatic carbocycles. The summed E-state index contributed by atoms with van der Waals surface area (Å²) in [5.74, 6) is -0.578. The Labute approximate surface area is 150 Å². The van der Waals surface area contributed by atoms with Gasteiger partial charge in [0.15, 0.2) is 0 Å². The van der Waals surface area contributed by atoms with E-state index in [1.807, 2.05) is 4.90 Å². The highest BCUT2D eigenvalue weighted by atomic mass is 32.1. The molecular formula is C17H22N2O5S. The van der Waals surface area contributed by atoms with E-state index in [1.165, 1.54) is 18.4 Å². The Morgan fingerprint density at radius 3 is 2.76 bits per heavy atom. The summed E-state index contributed by atoms with van der Waals surface area (Å²) in [7, 11) is 1.32. The molecule has 7 nitrogen and oxygen atoms in total. The van der Waals surface area contributed by atoms with E-state index >= 15 is 0 Å². The summed E-state index contributed by atoms with van der Waals surface area (Å²) in [5.41, 5.74) is 0.383. The van der Waals surface area contributed by atoms with Crippen molar-refractivity contribution in [3.63, 3.8) is 0 Å². The van der Waals surface area contributed by atoms with Crippen molar-refractivity contribution in [3.8, 4) is 0 Å². The van der Waals surface area contributed by atoms with Gasteiger partial charge in [-0.3, -0.25) is 9.59 Å². The van der Waals surface area contributed by atoms with Crippen LogP contribution in [0.1, 0.15) is 36.0 Å². The van der Waals surface area contributed by atoms with Crippen molar-refractivity contribution in [3.05, 3.63) is 17.0 Å². The molecule has 2 aliphatic rings. The smallest absolute Gasteiger partial charge is 0.340 e. The van der Waals surface area contributed by atoms with Crippen molar-refractivity contribution in [2.24, 2.45) is 5.92 Å². The van der Waals surface area contributed by atoms with Crippen molar-refractivity contribution >= 4 is 34.1 Å². The van der Waals surface area contributed by atoms with Gasteiger partial charge < -0.3 is 19.7 Å². The molecule has 1 aliphatic carbocycles. The summed E-state index contributed by atoms with van der Waals surface area (Å²) in [6, 6.07) is 1.85. The molecule has 1 aromatic rings. The van der Waals surface area contributed by atoms with E-state index in [4.69, 9.17) is 9.47 Å². The van der Waals surface area contributed by atoms with Gasteiger partial charge in [0.25, 0.3) is 0 Å². The maximum atomic E-state index is 12.5. The van der Waals surface area contributed by atoms with E-state index in [1.54, 1.807) is 11.4 Å². The predicted octanol–water partition coefficient (Wildman–Crippen LogP) is 1.89. The first-order chi connectivity index (χ1) is 12.1. The number of morpholine rings is 1. The maximum Gasteiger partial charge on any atom is 0.340 e. The van der Waals surface area contributed by atoms with Crippen LogP contribution in [0.25, 0.3) is 0 Å². The number of nitrogens with one attached hydrogen (secondary N) is 1. The van der Waals surface area contributed by atoms with Crippen molar-refractivity contribution in [2.75, 3.05) is 32.2 Å². The lowest BCUT2D eigenvalue weighted by atomic mass is 9.84. The molecule has 1 saturated heterocycles. The molecule has 2 heterocycles. The highest BCUT2D eigenvalue weighted by Gasteiger charge is 2.33. The van der Waals surface area contributed by atoms with Crippen LogP contribution in [0.4, 0.5) is 5.00 Å². The van der Waals surface area contributed by atoms with Crippen LogP contribution in [-0.4, -0.2) is 55.6 Å². The number of rotatable bonds is 4. The predicted molar refractivity (Wildman–Crippen MR) is 92.6 cm³/mol. The summed E-state index contributed by atoms with van der Waals surface area (Å²) >= 11 is 1.31. The molecule has 0 unspecified atom stereocenters. The molecule has 1 N–H and O–H groups in total. The van der Waals surface area contributed by atoms with Crippen molar-refractivity contribution in [1.82, 2.24) is 4.90 Å². The van der Waals surface area contributed by atoms with Gasteiger partial charge in [-0.15, -0.1) is 11.3 Å². The summed E-state index contributed by atoms with van der Waals surface area (Å²) < 4.78 is 9.89. The minimum atomic E-state index is -0.453. The number of amides is 2. The third-order valence-corrected chi connectivity index (χ3v) is 5.67. The van der Waals surface area contributed by atoms with E-state index in [0.717, 1.165) is 25.7 Å². The van der Waals surface area contributed by atoms with Gasteiger partial charge in [0, 0.05) is 18.5 Å². The summed E-state index contributed by atoms with van der Waals surface area (Å²) in [4.78, 5) is 38.0. The monoisotopic (exact) mass is 366 g/mol. The SMILES string of the molecule is COC(=O)c1ccsc1NC(=O)[C@H]1CC[C@H](N2CCOCC2=O)CC1. The average Bonchev–Trinajstić information content (AvgIpc) is 3.09. The van der Waals surface area contributed by atoms with Crippen molar-refractivity contribution in [1.29, 1.82) is 0 Å². The van der Waals surface area contributed by atoms with Crippen LogP contribution in [0, 0.1) is 5.92 Å². The molecule has 1 aromatic heterocycles. The minimum Gasteiger partial charge on any atom is -0.465 e. The molecule has 0 radical (unpaired) electrons. The quantitative estimate of drug-likeness (QED) is 0.823. The van der Waals surface area contributed by atoms with E-state index < -0.39 is 5.97 Å². The fraction of sp³-hybridized carbons (Fsp3) is 0.588. The Balaban J connectivity index is 1.54. The molecule has 0 spiro atoms. The third-order valence-electron chi connectivity index (χ3n) is 4.84. The summed E-state index contributed by atoms with van der Waals surface area (Å²) in [6.45, 7) is 1.38. The molecule has 0 bridgehead atoms. The van der Waals surface area contributed by atoms with Crippen LogP contribution in [0.3, 0.4) is 0 Å². The van der Waals surface area contributed by atoms with Crippen molar-refractivity contribution in [2.45, 2.75) is 31.7 Å². The van der Waals surface area contributed by atoms with E-state index in [-0.39, 0.29) is 30.4 Å². The number of thiophene rings is 1. The molecule has 25 heavy (non-hydrogen) atoms. The number of carbonyl (C=O) groups excluding carboxylic acids is 3. The molecule has 8 heteroatoms. The number of carbonyl (C=O) groups is 3. The second-order valence-corrected chi connectivity index (χ2v) is 7.21. The number of hydrogen-bond acceptors (Lipinski definition) is 6. The lowest BCUT2D eigenvalue weighted by molar-refractivity contribution is -0.146. The Morgan fingerprint density at radius 2 is 2.08 bits per heavy atom. The van der Waals surface area contributed by atoms with Gasteiger partial charge in [-0.2, -0.15) is 0 Å². The number of methoxy groups -OCH3 is 1. The lowest BCUT2D eigenvalue weighted by Gasteiger charge is -2.38. The molecule has 3 rings (SSSR count). The number of nitrogens with zero attached hydrogens (tertiary/aromatic N) is 1. The topological polar surface area (TPSA) is 84.9 Å². The third kappa shape index (κ3) is 4.01. The molecule has 1 saturated carbocycles. The Morgan fingerprint density at radius 1 is 1.32 bits per heavy atom. The zero-order valence-corrected chi connectivity index (χ0v) is 15.0. The van der Waals surface area contributed by atoms with Gasteiger partial charge in [-0.25, -0.2) is 4.79 Å². The van der Waals surface area contributed by atoms with Crippen LogP contribution < -0.4 is 5.32 Å². The van der Waals surface area contributed by atoms with Crippen LogP contribution in [-0.2, 0) is 19.1 Å². The Kier molecular flexibility index (Phi) is 5.70. The van der Waals surface area contributed by atoms with Gasteiger partial charge in [-0.1, -0.05) is 0 Å².